The molecule has 1 aliphatic heterocycles. The zero-order valence-electron chi connectivity index (χ0n) is 14.2. The summed E-state index contributed by atoms with van der Waals surface area (Å²) in [6.45, 7) is 4.13. The quantitative estimate of drug-likeness (QED) is 0.803. The smallest absolute Gasteiger partial charge is 0.260 e. The monoisotopic (exact) mass is 325 g/mol. The molecule has 1 heterocycles. The molecule has 2 atom stereocenters. The molecule has 2 aromatic carbocycles. The van der Waals surface area contributed by atoms with Crippen LogP contribution in [0.3, 0.4) is 0 Å². The highest BCUT2D eigenvalue weighted by atomic mass is 16.5. The predicted octanol–water partition coefficient (Wildman–Crippen LogP) is 3.82. The first-order chi connectivity index (χ1) is 11.6. The van der Waals surface area contributed by atoms with Gasteiger partial charge in [0.1, 0.15) is 5.75 Å². The molecule has 0 radical (unpaired) electrons. The lowest BCUT2D eigenvalue weighted by Gasteiger charge is -2.39. The third-order valence-corrected chi connectivity index (χ3v) is 4.88. The minimum Gasteiger partial charge on any atom is -0.483 e. The predicted molar refractivity (Wildman–Crippen MR) is 94.5 cm³/mol. The number of nitrogens with zero attached hydrogens (tertiary/aromatic N) is 1. The van der Waals surface area contributed by atoms with Crippen molar-refractivity contribution in [3.8, 4) is 5.75 Å². The average Bonchev–Trinajstić information content (AvgIpc) is 2.59. The largest absolute Gasteiger partial charge is 0.483 e. The molecule has 2 aromatic rings. The summed E-state index contributed by atoms with van der Waals surface area (Å²) in [5.41, 5.74) is 0.501. The standard InChI is InChI=1S/C20H23NO3/c1-14-6-5-7-15(2)21(14)20(23)13-24-19-11-10-16-8-3-4-9-17(16)18(19)12-22/h3-4,8-12,14-15H,5-7,13H2,1-2H3/t14-,15+. The van der Waals surface area contributed by atoms with Crippen molar-refractivity contribution in [1.29, 1.82) is 0 Å². The van der Waals surface area contributed by atoms with Crippen molar-refractivity contribution >= 4 is 23.0 Å². The Labute approximate surface area is 142 Å². The average molecular weight is 325 g/mol. The number of amides is 1. The number of carbonyl (C=O) groups is 2. The van der Waals surface area contributed by atoms with E-state index in [1.807, 2.05) is 35.2 Å². The molecule has 0 unspecified atom stereocenters. The minimum atomic E-state index is -0.0339. The van der Waals surface area contributed by atoms with Gasteiger partial charge in [0.2, 0.25) is 0 Å². The summed E-state index contributed by atoms with van der Waals surface area (Å²) in [5, 5.41) is 1.83. The lowest BCUT2D eigenvalue weighted by atomic mass is 9.97. The van der Waals surface area contributed by atoms with Crippen molar-refractivity contribution in [3.05, 3.63) is 42.0 Å². The van der Waals surface area contributed by atoms with E-state index in [0.29, 0.717) is 11.3 Å². The summed E-state index contributed by atoms with van der Waals surface area (Å²) in [5.74, 6) is 0.453. The molecule has 0 saturated carbocycles. The molecule has 1 amide bonds. The molecule has 0 bridgehead atoms. The summed E-state index contributed by atoms with van der Waals surface area (Å²) in [7, 11) is 0. The number of carbonyl (C=O) groups excluding carboxylic acids is 2. The van der Waals surface area contributed by atoms with E-state index in [1.165, 1.54) is 0 Å². The molecule has 0 aromatic heterocycles. The maximum absolute atomic E-state index is 12.6. The summed E-state index contributed by atoms with van der Waals surface area (Å²) in [4.78, 5) is 26.0. The molecular formula is C20H23NO3. The van der Waals surface area contributed by atoms with Crippen molar-refractivity contribution in [2.45, 2.75) is 45.2 Å². The molecule has 0 spiro atoms. The van der Waals surface area contributed by atoms with E-state index >= 15 is 0 Å². The fourth-order valence-electron chi connectivity index (χ4n) is 3.65. The first kappa shape index (κ1) is 16.5. The Morgan fingerprint density at radius 1 is 1.17 bits per heavy atom. The second-order valence-corrected chi connectivity index (χ2v) is 6.53. The van der Waals surface area contributed by atoms with Crippen molar-refractivity contribution < 1.29 is 14.3 Å². The Balaban J connectivity index is 1.78. The zero-order chi connectivity index (χ0) is 17.1. The number of piperidine rings is 1. The van der Waals surface area contributed by atoms with Crippen LogP contribution in [0.2, 0.25) is 0 Å². The number of rotatable bonds is 4. The van der Waals surface area contributed by atoms with E-state index in [1.54, 1.807) is 6.07 Å². The van der Waals surface area contributed by atoms with Crippen LogP contribution in [-0.2, 0) is 4.79 Å². The van der Waals surface area contributed by atoms with E-state index in [-0.39, 0.29) is 24.6 Å². The fourth-order valence-corrected chi connectivity index (χ4v) is 3.65. The molecule has 126 valence electrons. The normalized spacial score (nSPS) is 20.8. The van der Waals surface area contributed by atoms with Gasteiger partial charge in [-0.15, -0.1) is 0 Å². The second-order valence-electron chi connectivity index (χ2n) is 6.53. The van der Waals surface area contributed by atoms with Gasteiger partial charge in [-0.2, -0.15) is 0 Å². The summed E-state index contributed by atoms with van der Waals surface area (Å²) in [6, 6.07) is 11.8. The molecule has 1 fully saturated rings. The Kier molecular flexibility index (Phi) is 4.84. The number of hydrogen-bond acceptors (Lipinski definition) is 3. The molecule has 0 aliphatic carbocycles. The highest BCUT2D eigenvalue weighted by molar-refractivity contribution is 6.00. The van der Waals surface area contributed by atoms with Crippen LogP contribution in [0, 0.1) is 0 Å². The SMILES string of the molecule is C[C@@H]1CCC[C@H](C)N1C(=O)COc1ccc2ccccc2c1C=O. The summed E-state index contributed by atoms with van der Waals surface area (Å²) in [6.07, 6.45) is 4.03. The van der Waals surface area contributed by atoms with Crippen LogP contribution in [0.25, 0.3) is 10.8 Å². The van der Waals surface area contributed by atoms with Crippen molar-refractivity contribution in [2.24, 2.45) is 0 Å². The van der Waals surface area contributed by atoms with Crippen molar-refractivity contribution in [2.75, 3.05) is 6.61 Å². The number of fused-ring (bicyclic) bond motifs is 1. The van der Waals surface area contributed by atoms with Gasteiger partial charge in [0.05, 0.1) is 5.56 Å². The van der Waals surface area contributed by atoms with Crippen LogP contribution in [-0.4, -0.2) is 35.8 Å². The van der Waals surface area contributed by atoms with Crippen LogP contribution in [0.15, 0.2) is 36.4 Å². The van der Waals surface area contributed by atoms with Gasteiger partial charge in [0.15, 0.2) is 12.9 Å². The maximum Gasteiger partial charge on any atom is 0.260 e. The minimum absolute atomic E-state index is 0.0142. The Morgan fingerprint density at radius 3 is 2.58 bits per heavy atom. The molecule has 4 nitrogen and oxygen atoms in total. The molecule has 3 rings (SSSR count). The van der Waals surface area contributed by atoms with Gasteiger partial charge in [-0.3, -0.25) is 9.59 Å². The first-order valence-electron chi connectivity index (χ1n) is 8.52. The van der Waals surface area contributed by atoms with Crippen LogP contribution >= 0.6 is 0 Å². The molecular weight excluding hydrogens is 302 g/mol. The maximum atomic E-state index is 12.6. The molecule has 1 aliphatic rings. The third-order valence-electron chi connectivity index (χ3n) is 4.88. The molecule has 1 saturated heterocycles. The van der Waals surface area contributed by atoms with Crippen LogP contribution < -0.4 is 4.74 Å². The van der Waals surface area contributed by atoms with Gasteiger partial charge >= 0.3 is 0 Å². The zero-order valence-corrected chi connectivity index (χ0v) is 14.2. The van der Waals surface area contributed by atoms with E-state index < -0.39 is 0 Å². The Bertz CT molecular complexity index is 746. The molecule has 4 heteroatoms. The molecule has 0 N–H and O–H groups in total. The number of benzene rings is 2. The number of likely N-dealkylation sites (tertiary alicyclic amines) is 1. The topological polar surface area (TPSA) is 46.6 Å². The van der Waals surface area contributed by atoms with Gasteiger partial charge in [0, 0.05) is 12.1 Å². The van der Waals surface area contributed by atoms with Crippen molar-refractivity contribution in [1.82, 2.24) is 4.90 Å². The van der Waals surface area contributed by atoms with Crippen LogP contribution in [0.1, 0.15) is 43.5 Å². The number of aldehydes is 1. The van der Waals surface area contributed by atoms with E-state index in [9.17, 15) is 9.59 Å². The summed E-state index contributed by atoms with van der Waals surface area (Å²) < 4.78 is 5.73. The Morgan fingerprint density at radius 2 is 1.88 bits per heavy atom. The highest BCUT2D eigenvalue weighted by Crippen LogP contribution is 2.27. The van der Waals surface area contributed by atoms with E-state index in [4.69, 9.17) is 4.74 Å². The van der Waals surface area contributed by atoms with Gasteiger partial charge in [-0.05, 0) is 49.9 Å². The second kappa shape index (κ2) is 7.04. The van der Waals surface area contributed by atoms with Gasteiger partial charge < -0.3 is 9.64 Å². The fraction of sp³-hybridized carbons (Fsp3) is 0.400. The van der Waals surface area contributed by atoms with Crippen molar-refractivity contribution in [3.63, 3.8) is 0 Å². The van der Waals surface area contributed by atoms with Crippen LogP contribution in [0.5, 0.6) is 5.75 Å². The highest BCUT2D eigenvalue weighted by Gasteiger charge is 2.29. The van der Waals surface area contributed by atoms with E-state index in [2.05, 4.69) is 13.8 Å². The van der Waals surface area contributed by atoms with Gasteiger partial charge in [0.25, 0.3) is 5.91 Å². The first-order valence-corrected chi connectivity index (χ1v) is 8.52. The number of hydrogen-bond donors (Lipinski definition) is 0. The lowest BCUT2D eigenvalue weighted by molar-refractivity contribution is -0.139. The van der Waals surface area contributed by atoms with Crippen LogP contribution in [0.4, 0.5) is 0 Å². The summed E-state index contributed by atoms with van der Waals surface area (Å²) >= 11 is 0. The third kappa shape index (κ3) is 3.14. The van der Waals surface area contributed by atoms with Gasteiger partial charge in [-0.25, -0.2) is 0 Å². The van der Waals surface area contributed by atoms with Gasteiger partial charge in [-0.1, -0.05) is 30.3 Å². The number of ether oxygens (including phenoxy) is 1. The van der Waals surface area contributed by atoms with E-state index in [0.717, 1.165) is 36.3 Å². The molecule has 24 heavy (non-hydrogen) atoms. The Hall–Kier alpha value is -2.36. The lowest BCUT2D eigenvalue weighted by Crippen LogP contribution is -2.49.